The molecule has 2 fully saturated rings. The number of nitrogens with zero attached hydrogens (tertiary/aromatic N) is 2. The molecule has 1 saturated heterocycles. The molecule has 0 bridgehead atoms. The molecule has 1 saturated carbocycles. The molecule has 26 heavy (non-hydrogen) atoms. The van der Waals surface area contributed by atoms with E-state index in [4.69, 9.17) is 10.5 Å². The average molecular weight is 359 g/mol. The van der Waals surface area contributed by atoms with Gasteiger partial charge in [0.2, 0.25) is 11.8 Å². The van der Waals surface area contributed by atoms with Crippen LogP contribution >= 0.6 is 0 Å². The van der Waals surface area contributed by atoms with E-state index in [2.05, 4.69) is 0 Å². The van der Waals surface area contributed by atoms with Gasteiger partial charge < -0.3 is 20.3 Å². The Morgan fingerprint density at radius 2 is 1.85 bits per heavy atom. The molecule has 0 aromatic heterocycles. The third-order valence-electron chi connectivity index (χ3n) is 5.26. The minimum atomic E-state index is 0.110. The van der Waals surface area contributed by atoms with Crippen LogP contribution in [0.2, 0.25) is 0 Å². The summed E-state index contributed by atoms with van der Waals surface area (Å²) in [5.41, 5.74) is 6.40. The second-order valence-electron chi connectivity index (χ2n) is 7.15. The van der Waals surface area contributed by atoms with Gasteiger partial charge in [0.15, 0.2) is 0 Å². The van der Waals surface area contributed by atoms with E-state index in [1.165, 1.54) is 6.42 Å². The van der Waals surface area contributed by atoms with Crippen molar-refractivity contribution in [2.24, 2.45) is 11.7 Å². The fraction of sp³-hybridized carbons (Fsp3) is 0.600. The van der Waals surface area contributed by atoms with E-state index in [-0.39, 0.29) is 17.7 Å². The topological polar surface area (TPSA) is 75.9 Å². The zero-order chi connectivity index (χ0) is 18.4. The third-order valence-corrected chi connectivity index (χ3v) is 5.26. The van der Waals surface area contributed by atoms with Crippen molar-refractivity contribution in [3.63, 3.8) is 0 Å². The lowest BCUT2D eigenvalue weighted by Gasteiger charge is -2.31. The molecular weight excluding hydrogens is 330 g/mol. The van der Waals surface area contributed by atoms with Crippen LogP contribution in [0, 0.1) is 5.92 Å². The van der Waals surface area contributed by atoms with Crippen LogP contribution in [0.4, 0.5) is 0 Å². The quantitative estimate of drug-likeness (QED) is 0.834. The first-order valence-electron chi connectivity index (χ1n) is 9.66. The predicted molar refractivity (Wildman–Crippen MR) is 99.8 cm³/mol. The highest BCUT2D eigenvalue weighted by molar-refractivity contribution is 5.80. The number of amides is 2. The predicted octanol–water partition coefficient (Wildman–Crippen LogP) is 1.43. The monoisotopic (exact) mass is 359 g/mol. The summed E-state index contributed by atoms with van der Waals surface area (Å²) >= 11 is 0. The zero-order valence-corrected chi connectivity index (χ0v) is 15.4. The molecule has 2 aliphatic rings. The number of hydrogen-bond acceptors (Lipinski definition) is 4. The summed E-state index contributed by atoms with van der Waals surface area (Å²) in [7, 11) is 0. The van der Waals surface area contributed by atoms with E-state index >= 15 is 0 Å². The van der Waals surface area contributed by atoms with E-state index in [1.54, 1.807) is 0 Å². The van der Waals surface area contributed by atoms with Crippen LogP contribution in [0.1, 0.15) is 31.2 Å². The number of nitrogens with two attached hydrogens (primary N) is 1. The van der Waals surface area contributed by atoms with Crippen molar-refractivity contribution in [1.29, 1.82) is 0 Å². The minimum absolute atomic E-state index is 0.110. The highest BCUT2D eigenvalue weighted by Gasteiger charge is 2.30. The van der Waals surface area contributed by atoms with E-state index < -0.39 is 0 Å². The molecule has 1 heterocycles. The third kappa shape index (κ3) is 4.75. The van der Waals surface area contributed by atoms with Crippen molar-refractivity contribution >= 4 is 11.8 Å². The van der Waals surface area contributed by atoms with Gasteiger partial charge in [-0.05, 0) is 37.0 Å². The lowest BCUT2D eigenvalue weighted by Crippen LogP contribution is -2.41. The summed E-state index contributed by atoms with van der Waals surface area (Å²) in [6, 6.07) is 7.62. The minimum Gasteiger partial charge on any atom is -0.492 e. The maximum atomic E-state index is 12.7. The van der Waals surface area contributed by atoms with Crippen LogP contribution in [0.25, 0.3) is 0 Å². The summed E-state index contributed by atoms with van der Waals surface area (Å²) in [4.78, 5) is 29.0. The largest absolute Gasteiger partial charge is 0.492 e. The molecule has 1 aromatic rings. The Bertz CT molecular complexity index is 630. The number of rotatable bonds is 6. The fourth-order valence-corrected chi connectivity index (χ4v) is 3.51. The van der Waals surface area contributed by atoms with Crippen molar-refractivity contribution < 1.29 is 14.3 Å². The van der Waals surface area contributed by atoms with E-state index in [9.17, 15) is 9.59 Å². The SMILES string of the molecule is NCCOc1cccc(CC(=O)N2CCCN(C(=O)C3CCC3)CC2)c1. The number of benzene rings is 1. The molecule has 0 spiro atoms. The first-order valence-corrected chi connectivity index (χ1v) is 9.66. The second kappa shape index (κ2) is 9.03. The van der Waals surface area contributed by atoms with Crippen molar-refractivity contribution in [2.75, 3.05) is 39.3 Å². The summed E-state index contributed by atoms with van der Waals surface area (Å²) in [5, 5.41) is 0. The van der Waals surface area contributed by atoms with Gasteiger partial charge in [-0.2, -0.15) is 0 Å². The number of ether oxygens (including phenoxy) is 1. The normalized spacial score (nSPS) is 18.2. The van der Waals surface area contributed by atoms with Crippen LogP contribution in [-0.2, 0) is 16.0 Å². The molecule has 2 N–H and O–H groups in total. The molecular formula is C20H29N3O3. The lowest BCUT2D eigenvalue weighted by atomic mass is 9.84. The molecule has 0 unspecified atom stereocenters. The molecule has 142 valence electrons. The molecule has 0 atom stereocenters. The number of hydrogen-bond donors (Lipinski definition) is 1. The summed E-state index contributed by atoms with van der Waals surface area (Å²) in [5.74, 6) is 1.37. The number of carbonyl (C=O) groups excluding carboxylic acids is 2. The van der Waals surface area contributed by atoms with Gasteiger partial charge >= 0.3 is 0 Å². The Morgan fingerprint density at radius 3 is 2.58 bits per heavy atom. The maximum absolute atomic E-state index is 12.7. The molecule has 2 amide bonds. The lowest BCUT2D eigenvalue weighted by molar-refractivity contribution is -0.138. The van der Waals surface area contributed by atoms with Crippen molar-refractivity contribution in [2.45, 2.75) is 32.1 Å². The van der Waals surface area contributed by atoms with Gasteiger partial charge in [0.25, 0.3) is 0 Å². The van der Waals surface area contributed by atoms with Gasteiger partial charge in [0.1, 0.15) is 12.4 Å². The standard InChI is InChI=1S/C20H29N3O3/c21-8-13-26-18-7-1-4-16(14-18)15-19(24)22-9-3-10-23(12-11-22)20(25)17-5-2-6-17/h1,4,7,14,17H,2-3,5-6,8-13,15,21H2. The van der Waals surface area contributed by atoms with Gasteiger partial charge in [-0.3, -0.25) is 9.59 Å². The Balaban J connectivity index is 1.52. The molecule has 6 nitrogen and oxygen atoms in total. The zero-order valence-electron chi connectivity index (χ0n) is 15.4. The van der Waals surface area contributed by atoms with Gasteiger partial charge in [-0.15, -0.1) is 0 Å². The van der Waals surface area contributed by atoms with Crippen LogP contribution in [0.5, 0.6) is 5.75 Å². The Kier molecular flexibility index (Phi) is 6.50. The molecule has 0 radical (unpaired) electrons. The first kappa shape index (κ1) is 18.7. The second-order valence-corrected chi connectivity index (χ2v) is 7.15. The van der Waals surface area contributed by atoms with E-state index in [0.717, 1.165) is 43.7 Å². The molecule has 1 aliphatic heterocycles. The number of carbonyl (C=O) groups is 2. The van der Waals surface area contributed by atoms with Crippen molar-refractivity contribution in [3.05, 3.63) is 29.8 Å². The van der Waals surface area contributed by atoms with Crippen LogP contribution < -0.4 is 10.5 Å². The fourth-order valence-electron chi connectivity index (χ4n) is 3.51. The average Bonchev–Trinajstić information content (AvgIpc) is 2.85. The van der Waals surface area contributed by atoms with Crippen LogP contribution in [0.15, 0.2) is 24.3 Å². The highest BCUT2D eigenvalue weighted by Crippen LogP contribution is 2.28. The molecule has 3 rings (SSSR count). The van der Waals surface area contributed by atoms with Gasteiger partial charge in [0, 0.05) is 38.6 Å². The van der Waals surface area contributed by atoms with E-state index in [0.29, 0.717) is 32.7 Å². The first-order chi connectivity index (χ1) is 12.7. The summed E-state index contributed by atoms with van der Waals surface area (Å²) in [6.45, 7) is 3.70. The summed E-state index contributed by atoms with van der Waals surface area (Å²) in [6.07, 6.45) is 4.43. The van der Waals surface area contributed by atoms with Crippen LogP contribution in [-0.4, -0.2) is 60.9 Å². The smallest absolute Gasteiger partial charge is 0.227 e. The Hall–Kier alpha value is -2.08. The Morgan fingerprint density at radius 1 is 1.08 bits per heavy atom. The molecule has 1 aliphatic carbocycles. The van der Waals surface area contributed by atoms with E-state index in [1.807, 2.05) is 34.1 Å². The highest BCUT2D eigenvalue weighted by atomic mass is 16.5. The summed E-state index contributed by atoms with van der Waals surface area (Å²) < 4.78 is 5.53. The van der Waals surface area contributed by atoms with Gasteiger partial charge in [-0.25, -0.2) is 0 Å². The maximum Gasteiger partial charge on any atom is 0.227 e. The van der Waals surface area contributed by atoms with Crippen molar-refractivity contribution in [1.82, 2.24) is 9.80 Å². The van der Waals surface area contributed by atoms with Crippen LogP contribution in [0.3, 0.4) is 0 Å². The molecule has 6 heteroatoms. The van der Waals surface area contributed by atoms with Gasteiger partial charge in [-0.1, -0.05) is 18.6 Å². The van der Waals surface area contributed by atoms with Crippen molar-refractivity contribution in [3.8, 4) is 5.75 Å². The van der Waals surface area contributed by atoms with Gasteiger partial charge in [0.05, 0.1) is 6.42 Å². The molecule has 1 aromatic carbocycles. The Labute approximate surface area is 155 Å².